The van der Waals surface area contributed by atoms with Crippen LogP contribution in [-0.4, -0.2) is 46.9 Å². The highest BCUT2D eigenvalue weighted by Crippen LogP contribution is 2.17. The van der Waals surface area contributed by atoms with Gasteiger partial charge in [-0.15, -0.1) is 0 Å². The summed E-state index contributed by atoms with van der Waals surface area (Å²) in [5.74, 6) is -0.519. The Morgan fingerprint density at radius 1 is 0.527 bits per heavy atom. The quantitative estimate of drug-likeness (QED) is 0.0327. The SMILES string of the molecule is CCCC/C=C\CCCCCC(CC(=O)NC(CO)C(O)CCCCCCCCCCCC)OC(=O)CCCCCC/C=C\C/C=C\C/C=C\CCCCC. The van der Waals surface area contributed by atoms with Crippen LogP contribution in [0.1, 0.15) is 226 Å². The van der Waals surface area contributed by atoms with Crippen LogP contribution in [0.4, 0.5) is 0 Å². The smallest absolute Gasteiger partial charge is 0.306 e. The summed E-state index contributed by atoms with van der Waals surface area (Å²) < 4.78 is 5.88. The molecule has 3 N–H and O–H groups in total. The summed E-state index contributed by atoms with van der Waals surface area (Å²) >= 11 is 0. The van der Waals surface area contributed by atoms with Crippen molar-refractivity contribution in [3.05, 3.63) is 48.6 Å². The number of amides is 1. The summed E-state index contributed by atoms with van der Waals surface area (Å²) in [5, 5.41) is 23.6. The second-order valence-electron chi connectivity index (χ2n) is 15.8. The number of esters is 1. The number of nitrogens with one attached hydrogen (secondary N) is 1. The summed E-state index contributed by atoms with van der Waals surface area (Å²) in [6, 6.07) is -0.708. The molecule has 0 aliphatic rings. The normalized spacial score (nSPS) is 13.8. The third-order valence-electron chi connectivity index (χ3n) is 10.4. The van der Waals surface area contributed by atoms with E-state index in [4.69, 9.17) is 4.74 Å². The molecule has 3 atom stereocenters. The number of hydrogen-bond acceptors (Lipinski definition) is 5. The third kappa shape index (κ3) is 38.5. The van der Waals surface area contributed by atoms with Crippen LogP contribution in [0.3, 0.4) is 0 Å². The Morgan fingerprint density at radius 2 is 0.945 bits per heavy atom. The van der Waals surface area contributed by atoms with Crippen molar-refractivity contribution in [2.45, 2.75) is 244 Å². The number of carbonyl (C=O) groups is 2. The van der Waals surface area contributed by atoms with Crippen molar-refractivity contribution < 1.29 is 24.5 Å². The lowest BCUT2D eigenvalue weighted by Gasteiger charge is -2.24. The fourth-order valence-electron chi connectivity index (χ4n) is 6.77. The Balaban J connectivity index is 4.56. The summed E-state index contributed by atoms with van der Waals surface area (Å²) in [4.78, 5) is 25.9. The summed E-state index contributed by atoms with van der Waals surface area (Å²) in [7, 11) is 0. The van der Waals surface area contributed by atoms with Crippen LogP contribution >= 0.6 is 0 Å². The second kappa shape index (κ2) is 43.0. The third-order valence-corrected chi connectivity index (χ3v) is 10.4. The van der Waals surface area contributed by atoms with Crippen molar-refractivity contribution in [2.75, 3.05) is 6.61 Å². The van der Waals surface area contributed by atoms with Crippen molar-refractivity contribution in [2.24, 2.45) is 0 Å². The summed E-state index contributed by atoms with van der Waals surface area (Å²) in [5.41, 5.74) is 0. The first-order valence-corrected chi connectivity index (χ1v) is 23.4. The van der Waals surface area contributed by atoms with Crippen molar-refractivity contribution >= 4 is 11.9 Å². The molecule has 0 aromatic heterocycles. The van der Waals surface area contributed by atoms with Gasteiger partial charge in [0, 0.05) is 6.42 Å². The van der Waals surface area contributed by atoms with E-state index in [1.165, 1.54) is 83.5 Å². The number of carbonyl (C=O) groups excluding carboxylic acids is 2. The summed E-state index contributed by atoms with van der Waals surface area (Å²) in [6.07, 6.45) is 50.3. The number of allylic oxidation sites excluding steroid dienone is 8. The van der Waals surface area contributed by atoms with Gasteiger partial charge in [0.05, 0.1) is 25.2 Å². The summed E-state index contributed by atoms with van der Waals surface area (Å²) in [6.45, 7) is 6.37. The van der Waals surface area contributed by atoms with Crippen LogP contribution in [0.25, 0.3) is 0 Å². The van der Waals surface area contributed by atoms with Crippen LogP contribution in [0.15, 0.2) is 48.6 Å². The van der Waals surface area contributed by atoms with E-state index >= 15 is 0 Å². The molecule has 0 heterocycles. The van der Waals surface area contributed by atoms with Gasteiger partial charge in [0.25, 0.3) is 0 Å². The van der Waals surface area contributed by atoms with E-state index in [-0.39, 0.29) is 24.9 Å². The average molecular weight is 772 g/mol. The average Bonchev–Trinajstić information content (AvgIpc) is 3.18. The Labute approximate surface area is 340 Å². The van der Waals surface area contributed by atoms with Gasteiger partial charge in [-0.2, -0.15) is 0 Å². The largest absolute Gasteiger partial charge is 0.462 e. The van der Waals surface area contributed by atoms with Crippen LogP contribution in [0.2, 0.25) is 0 Å². The minimum Gasteiger partial charge on any atom is -0.462 e. The predicted octanol–water partition coefficient (Wildman–Crippen LogP) is 13.5. The Bertz CT molecular complexity index is 957. The van der Waals surface area contributed by atoms with Crippen LogP contribution in [0, 0.1) is 0 Å². The highest BCUT2D eigenvalue weighted by atomic mass is 16.5. The number of aliphatic hydroxyl groups is 2. The van der Waals surface area contributed by atoms with Crippen LogP contribution < -0.4 is 5.32 Å². The van der Waals surface area contributed by atoms with Crippen molar-refractivity contribution in [1.29, 1.82) is 0 Å². The minimum atomic E-state index is -0.793. The first-order chi connectivity index (χ1) is 27.0. The first-order valence-electron chi connectivity index (χ1n) is 23.4. The minimum absolute atomic E-state index is 0.0570. The van der Waals surface area contributed by atoms with E-state index in [2.05, 4.69) is 74.7 Å². The van der Waals surface area contributed by atoms with Crippen molar-refractivity contribution in [3.63, 3.8) is 0 Å². The van der Waals surface area contributed by atoms with E-state index in [9.17, 15) is 19.8 Å². The van der Waals surface area contributed by atoms with E-state index in [0.29, 0.717) is 19.3 Å². The maximum atomic E-state index is 13.1. The number of ether oxygens (including phenoxy) is 1. The van der Waals surface area contributed by atoms with Gasteiger partial charge in [-0.1, -0.05) is 179 Å². The van der Waals surface area contributed by atoms with E-state index < -0.39 is 18.2 Å². The monoisotopic (exact) mass is 772 g/mol. The topological polar surface area (TPSA) is 95.9 Å². The lowest BCUT2D eigenvalue weighted by Crippen LogP contribution is -2.46. The van der Waals surface area contributed by atoms with Gasteiger partial charge in [0.15, 0.2) is 0 Å². The molecule has 0 saturated heterocycles. The highest BCUT2D eigenvalue weighted by Gasteiger charge is 2.24. The second-order valence-corrected chi connectivity index (χ2v) is 15.8. The molecule has 6 nitrogen and oxygen atoms in total. The molecule has 0 aromatic carbocycles. The lowest BCUT2D eigenvalue weighted by atomic mass is 10.0. The fraction of sp³-hybridized carbons (Fsp3) is 0.796. The molecule has 0 fully saturated rings. The Hall–Kier alpha value is -2.18. The lowest BCUT2D eigenvalue weighted by molar-refractivity contribution is -0.151. The van der Waals surface area contributed by atoms with Crippen molar-refractivity contribution in [3.8, 4) is 0 Å². The van der Waals surface area contributed by atoms with Gasteiger partial charge in [0.2, 0.25) is 5.91 Å². The van der Waals surface area contributed by atoms with E-state index in [1.54, 1.807) is 0 Å². The van der Waals surface area contributed by atoms with Crippen LogP contribution in [-0.2, 0) is 14.3 Å². The molecule has 320 valence electrons. The molecule has 0 rings (SSSR count). The molecule has 0 bridgehead atoms. The van der Waals surface area contributed by atoms with E-state index in [0.717, 1.165) is 96.3 Å². The molecule has 55 heavy (non-hydrogen) atoms. The van der Waals surface area contributed by atoms with Gasteiger partial charge >= 0.3 is 5.97 Å². The van der Waals surface area contributed by atoms with Gasteiger partial charge < -0.3 is 20.3 Å². The molecular weight excluding hydrogens is 683 g/mol. The van der Waals surface area contributed by atoms with Crippen molar-refractivity contribution in [1.82, 2.24) is 5.32 Å². The molecule has 0 radical (unpaired) electrons. The van der Waals surface area contributed by atoms with Gasteiger partial charge in [-0.3, -0.25) is 9.59 Å². The predicted molar refractivity (Wildman–Crippen MR) is 236 cm³/mol. The number of unbranched alkanes of at least 4 members (excludes halogenated alkanes) is 21. The molecule has 0 aromatic rings. The number of rotatable bonds is 41. The van der Waals surface area contributed by atoms with Crippen LogP contribution in [0.5, 0.6) is 0 Å². The molecule has 1 amide bonds. The molecule has 0 aliphatic heterocycles. The molecule has 3 unspecified atom stereocenters. The number of hydrogen-bond donors (Lipinski definition) is 3. The van der Waals surface area contributed by atoms with E-state index in [1.807, 2.05) is 0 Å². The maximum absolute atomic E-state index is 13.1. The van der Waals surface area contributed by atoms with Gasteiger partial charge in [-0.05, 0) is 83.5 Å². The Morgan fingerprint density at radius 3 is 1.53 bits per heavy atom. The first kappa shape index (κ1) is 52.8. The zero-order valence-corrected chi connectivity index (χ0v) is 36.3. The molecule has 0 spiro atoms. The fourth-order valence-corrected chi connectivity index (χ4v) is 6.77. The molecule has 0 aliphatic carbocycles. The van der Waals surface area contributed by atoms with Gasteiger partial charge in [0.1, 0.15) is 6.10 Å². The zero-order valence-electron chi connectivity index (χ0n) is 36.3. The molecular formula is C49H89NO5. The standard InChI is InChI=1S/C49H89NO5/c1-4-7-10-13-16-19-21-22-23-24-25-26-27-30-33-36-39-42-49(54)55-45(40-37-34-31-28-18-15-12-9-6-3)43-48(53)50-46(44-51)47(52)41-38-35-32-29-20-17-14-11-8-5-2/h15-16,18-19,22-23,25-26,45-47,51-52H,4-14,17,20-21,24,27-44H2,1-3H3,(H,50,53)/b18-15-,19-16-,23-22-,26-25-. The molecule has 6 heteroatoms. The number of aliphatic hydroxyl groups excluding tert-OH is 2. The maximum Gasteiger partial charge on any atom is 0.306 e. The highest BCUT2D eigenvalue weighted by molar-refractivity contribution is 5.77. The van der Waals surface area contributed by atoms with Gasteiger partial charge in [-0.25, -0.2) is 0 Å². The molecule has 0 saturated carbocycles. The zero-order chi connectivity index (χ0) is 40.3. The Kier molecular flexibility index (Phi) is 41.2.